The minimum atomic E-state index is -0.179. The van der Waals surface area contributed by atoms with E-state index in [1.54, 1.807) is 6.92 Å². The smallest absolute Gasteiger partial charge is 0.171 e. The first-order chi connectivity index (χ1) is 13.7. The van der Waals surface area contributed by atoms with E-state index in [0.717, 1.165) is 23.1 Å². The average Bonchev–Trinajstić information content (AvgIpc) is 3.04. The summed E-state index contributed by atoms with van der Waals surface area (Å²) in [4.78, 5) is 24.4. The molecular weight excluding hydrogens is 356 g/mol. The molecule has 2 nitrogen and oxygen atoms in total. The van der Waals surface area contributed by atoms with Crippen molar-refractivity contribution in [2.45, 2.75) is 52.4 Å². The molecule has 0 heterocycles. The molecule has 148 valence electrons. The molecule has 0 radical (unpaired) electrons. The van der Waals surface area contributed by atoms with E-state index in [-0.39, 0.29) is 22.9 Å². The van der Waals surface area contributed by atoms with Gasteiger partial charge < -0.3 is 4.79 Å². The highest BCUT2D eigenvalue weighted by molar-refractivity contribution is 6.13. The highest BCUT2D eigenvalue weighted by atomic mass is 16.1. The topological polar surface area (TPSA) is 34.1 Å². The van der Waals surface area contributed by atoms with Crippen molar-refractivity contribution in [3.8, 4) is 0 Å². The Morgan fingerprint density at radius 2 is 1.76 bits per heavy atom. The van der Waals surface area contributed by atoms with Gasteiger partial charge >= 0.3 is 0 Å². The van der Waals surface area contributed by atoms with Gasteiger partial charge in [-0.15, -0.1) is 0 Å². The summed E-state index contributed by atoms with van der Waals surface area (Å²) >= 11 is 0. The van der Waals surface area contributed by atoms with Crippen LogP contribution in [0.2, 0.25) is 0 Å². The Labute approximate surface area is 173 Å². The van der Waals surface area contributed by atoms with E-state index >= 15 is 0 Å². The number of hydrogen-bond acceptors (Lipinski definition) is 2. The fraction of sp³-hybridized carbons (Fsp3) is 0.333. The molecule has 2 aromatic rings. The van der Waals surface area contributed by atoms with Gasteiger partial charge in [-0.25, -0.2) is 0 Å². The molecule has 0 aromatic heterocycles. The standard InChI is InChI=1S/C27H28O2/c1-16(28)10-12-21-18(3)27(4,5)25-15-19(11-13-22(21)25)14-24-17(2)20-8-6-7-9-23(20)26(24)29/h6-9,11,13,15,24H,2,10,12,14H2,1,3-5H3. The van der Waals surface area contributed by atoms with E-state index in [0.29, 0.717) is 12.8 Å². The summed E-state index contributed by atoms with van der Waals surface area (Å²) in [7, 11) is 0. The maximum Gasteiger partial charge on any atom is 0.171 e. The molecule has 0 bridgehead atoms. The Kier molecular flexibility index (Phi) is 4.69. The summed E-state index contributed by atoms with van der Waals surface area (Å²) in [5.41, 5.74) is 9.06. The van der Waals surface area contributed by atoms with Crippen molar-refractivity contribution in [1.82, 2.24) is 0 Å². The largest absolute Gasteiger partial charge is 0.300 e. The Morgan fingerprint density at radius 3 is 2.41 bits per heavy atom. The Bertz CT molecular complexity index is 1050. The molecule has 0 fully saturated rings. The van der Waals surface area contributed by atoms with Crippen molar-refractivity contribution in [3.05, 3.63) is 82.4 Å². The van der Waals surface area contributed by atoms with E-state index in [9.17, 15) is 9.59 Å². The van der Waals surface area contributed by atoms with Crippen LogP contribution in [0.1, 0.15) is 73.1 Å². The first kappa shape index (κ1) is 19.6. The maximum atomic E-state index is 12.9. The number of Topliss-reactive ketones (excluding diaryl/α,β-unsaturated/α-hetero) is 2. The molecule has 0 saturated heterocycles. The quantitative estimate of drug-likeness (QED) is 0.616. The van der Waals surface area contributed by atoms with Gasteiger partial charge in [0.2, 0.25) is 0 Å². The van der Waals surface area contributed by atoms with Crippen LogP contribution in [0.5, 0.6) is 0 Å². The van der Waals surface area contributed by atoms with E-state index in [1.807, 2.05) is 24.3 Å². The van der Waals surface area contributed by atoms with Gasteiger partial charge in [0.15, 0.2) is 5.78 Å². The summed E-state index contributed by atoms with van der Waals surface area (Å²) < 4.78 is 0. The van der Waals surface area contributed by atoms with Crippen molar-refractivity contribution in [2.24, 2.45) is 5.92 Å². The average molecular weight is 385 g/mol. The van der Waals surface area contributed by atoms with Gasteiger partial charge in [-0.05, 0) is 60.1 Å². The molecule has 0 amide bonds. The van der Waals surface area contributed by atoms with Crippen LogP contribution in [-0.4, -0.2) is 11.6 Å². The summed E-state index contributed by atoms with van der Waals surface area (Å²) in [5, 5.41) is 0. The maximum absolute atomic E-state index is 12.9. The van der Waals surface area contributed by atoms with Crippen LogP contribution < -0.4 is 0 Å². The van der Waals surface area contributed by atoms with E-state index < -0.39 is 0 Å². The number of fused-ring (bicyclic) bond motifs is 2. The van der Waals surface area contributed by atoms with Crippen LogP contribution in [0, 0.1) is 5.92 Å². The molecule has 0 spiro atoms. The Hall–Kier alpha value is -2.74. The second kappa shape index (κ2) is 6.95. The minimum absolute atomic E-state index is 0.0584. The predicted octanol–water partition coefficient (Wildman–Crippen LogP) is 6.19. The Balaban J connectivity index is 1.64. The van der Waals surface area contributed by atoms with Gasteiger partial charge in [-0.1, -0.05) is 68.5 Å². The molecule has 0 aliphatic heterocycles. The summed E-state index contributed by atoms with van der Waals surface area (Å²) in [5.74, 6) is 0.231. The lowest BCUT2D eigenvalue weighted by molar-refractivity contribution is -0.116. The van der Waals surface area contributed by atoms with Gasteiger partial charge in [0.25, 0.3) is 0 Å². The summed E-state index contributed by atoms with van der Waals surface area (Å²) in [6, 6.07) is 14.4. The molecule has 29 heavy (non-hydrogen) atoms. The predicted molar refractivity (Wildman–Crippen MR) is 119 cm³/mol. The number of carbonyl (C=O) groups excluding carboxylic acids is 2. The van der Waals surface area contributed by atoms with Gasteiger partial charge in [0.1, 0.15) is 5.78 Å². The minimum Gasteiger partial charge on any atom is -0.300 e. The third kappa shape index (κ3) is 3.11. The van der Waals surface area contributed by atoms with Crippen molar-refractivity contribution in [1.29, 1.82) is 0 Å². The zero-order valence-electron chi connectivity index (χ0n) is 17.8. The number of rotatable bonds is 5. The fourth-order valence-corrected chi connectivity index (χ4v) is 4.87. The monoisotopic (exact) mass is 384 g/mol. The van der Waals surface area contributed by atoms with Crippen LogP contribution in [0.3, 0.4) is 0 Å². The first-order valence-electron chi connectivity index (χ1n) is 10.4. The molecule has 2 aliphatic rings. The molecule has 0 saturated carbocycles. The molecule has 1 atom stereocenters. The van der Waals surface area contributed by atoms with Crippen LogP contribution >= 0.6 is 0 Å². The van der Waals surface area contributed by atoms with Gasteiger partial charge in [0, 0.05) is 17.4 Å². The molecule has 4 rings (SSSR count). The fourth-order valence-electron chi connectivity index (χ4n) is 4.87. The van der Waals surface area contributed by atoms with Crippen molar-refractivity contribution in [3.63, 3.8) is 0 Å². The van der Waals surface area contributed by atoms with E-state index in [2.05, 4.69) is 45.5 Å². The lowest BCUT2D eigenvalue weighted by atomic mass is 9.80. The van der Waals surface area contributed by atoms with Crippen molar-refractivity contribution in [2.75, 3.05) is 0 Å². The SMILES string of the molecule is C=C1c2ccccc2C(=O)C1Cc1ccc2c(c1)C(C)(C)C(C)=C2CCC(C)=O. The highest BCUT2D eigenvalue weighted by Crippen LogP contribution is 2.48. The third-order valence-electron chi connectivity index (χ3n) is 6.92. The van der Waals surface area contributed by atoms with Crippen molar-refractivity contribution >= 4 is 22.7 Å². The number of allylic oxidation sites excluding steroid dienone is 3. The number of benzene rings is 2. The van der Waals surface area contributed by atoms with Crippen LogP contribution in [0.4, 0.5) is 0 Å². The zero-order chi connectivity index (χ0) is 20.9. The van der Waals surface area contributed by atoms with Crippen LogP contribution in [0.15, 0.2) is 54.6 Å². The molecule has 2 aromatic carbocycles. The molecule has 0 N–H and O–H groups in total. The van der Waals surface area contributed by atoms with E-state index in [4.69, 9.17) is 0 Å². The Morgan fingerprint density at radius 1 is 1.07 bits per heavy atom. The second-order valence-electron chi connectivity index (χ2n) is 9.00. The molecule has 2 heteroatoms. The van der Waals surface area contributed by atoms with Crippen molar-refractivity contribution < 1.29 is 9.59 Å². The van der Waals surface area contributed by atoms with Gasteiger partial charge in [-0.2, -0.15) is 0 Å². The van der Waals surface area contributed by atoms with Crippen LogP contribution in [-0.2, 0) is 16.6 Å². The number of ketones is 2. The number of hydrogen-bond donors (Lipinski definition) is 0. The molecular formula is C27H28O2. The van der Waals surface area contributed by atoms with Crippen LogP contribution in [0.25, 0.3) is 11.1 Å². The summed E-state index contributed by atoms with van der Waals surface area (Å²) in [6.07, 6.45) is 2.06. The summed E-state index contributed by atoms with van der Waals surface area (Å²) in [6.45, 7) is 12.6. The number of carbonyl (C=O) groups is 2. The van der Waals surface area contributed by atoms with E-state index in [1.165, 1.54) is 27.8 Å². The van der Waals surface area contributed by atoms with Gasteiger partial charge in [-0.3, -0.25) is 4.79 Å². The second-order valence-corrected chi connectivity index (χ2v) is 9.00. The molecule has 2 aliphatic carbocycles. The highest BCUT2D eigenvalue weighted by Gasteiger charge is 2.37. The molecule has 1 unspecified atom stereocenters. The van der Waals surface area contributed by atoms with Gasteiger partial charge in [0.05, 0.1) is 5.92 Å². The first-order valence-corrected chi connectivity index (χ1v) is 10.4. The third-order valence-corrected chi connectivity index (χ3v) is 6.92. The lowest BCUT2D eigenvalue weighted by Gasteiger charge is -2.23. The zero-order valence-corrected chi connectivity index (χ0v) is 17.8. The lowest BCUT2D eigenvalue weighted by Crippen LogP contribution is -2.17. The normalized spacial score (nSPS) is 19.5.